The molecule has 0 bridgehead atoms. The summed E-state index contributed by atoms with van der Waals surface area (Å²) in [6, 6.07) is 30.2. The van der Waals surface area contributed by atoms with Crippen molar-refractivity contribution in [1.29, 1.82) is 0 Å². The summed E-state index contributed by atoms with van der Waals surface area (Å²) in [5.41, 5.74) is 14.6. The molecule has 1 aliphatic heterocycles. The van der Waals surface area contributed by atoms with E-state index in [1.165, 1.54) is 22.3 Å². The number of fused-ring (bicyclic) bond motifs is 2. The molecule has 0 aliphatic carbocycles. The van der Waals surface area contributed by atoms with Crippen molar-refractivity contribution in [2.75, 3.05) is 19.8 Å². The van der Waals surface area contributed by atoms with Crippen LogP contribution < -0.4 is 32.3 Å². The molecule has 4 aromatic carbocycles. The number of nitrogens with two attached hydrogens (primary N) is 1. The molecule has 2 N–H and O–H groups in total. The molecule has 0 fully saturated rings. The molecule has 4 aromatic rings. The number of hydrogen-bond donors (Lipinski definition) is 1. The maximum absolute atomic E-state index is 7.25. The Morgan fingerprint density at radius 1 is 0.667 bits per heavy atom. The van der Waals surface area contributed by atoms with Crippen LogP contribution in [0.2, 0.25) is 0 Å². The fraction of sp³-hybridized carbons (Fsp3) is 0.385. The molecule has 5 rings (SSSR count). The Balaban J connectivity index is 1.83. The number of benzene rings is 4. The minimum Gasteiger partial charge on any atom is -0.458 e. The van der Waals surface area contributed by atoms with Gasteiger partial charge < -0.3 is 19.8 Å². The average molecular weight is 601 g/mol. The second-order valence-electron chi connectivity index (χ2n) is 14.8. The molecule has 4 nitrogen and oxygen atoms in total. The van der Waals surface area contributed by atoms with Gasteiger partial charge in [0.1, 0.15) is 11.5 Å². The molecule has 1 heterocycles. The third kappa shape index (κ3) is 6.65. The standard InChI is InChI=1S/C39H49B2NO3/c1-10-43-40(29-17-13-11-14-18-29)33-25-27(37(2,3)4)23-31-35(33)45-36-32(39(31,8)9)24-28(38(5,6)7)26-34(36)41(44-22-21-42)30-19-15-12-16-20-30/h11-20,23-26H,10,21-22,42H2,1-9H3. The van der Waals surface area contributed by atoms with Gasteiger partial charge in [-0.1, -0.05) is 140 Å². The minimum atomic E-state index is -0.364. The molecule has 0 saturated heterocycles. The van der Waals surface area contributed by atoms with E-state index in [0.29, 0.717) is 19.8 Å². The highest BCUT2D eigenvalue weighted by atomic mass is 16.5. The lowest BCUT2D eigenvalue weighted by molar-refractivity contribution is 0.343. The van der Waals surface area contributed by atoms with Crippen molar-refractivity contribution in [2.45, 2.75) is 78.6 Å². The molecule has 45 heavy (non-hydrogen) atoms. The van der Waals surface area contributed by atoms with E-state index in [1.807, 2.05) is 12.1 Å². The number of rotatable bonds is 9. The van der Waals surface area contributed by atoms with Crippen LogP contribution in [-0.4, -0.2) is 33.6 Å². The summed E-state index contributed by atoms with van der Waals surface area (Å²) in [4.78, 5) is 0. The van der Waals surface area contributed by atoms with E-state index in [4.69, 9.17) is 19.8 Å². The van der Waals surface area contributed by atoms with Crippen LogP contribution in [0.1, 0.15) is 84.6 Å². The molecule has 0 spiro atoms. The summed E-state index contributed by atoms with van der Waals surface area (Å²) in [6.07, 6.45) is 0. The molecule has 0 aromatic heterocycles. The van der Waals surface area contributed by atoms with Gasteiger partial charge in [0, 0.05) is 36.3 Å². The Morgan fingerprint density at radius 2 is 1.09 bits per heavy atom. The Morgan fingerprint density at radius 3 is 1.47 bits per heavy atom. The highest BCUT2D eigenvalue weighted by Crippen LogP contribution is 2.49. The average Bonchev–Trinajstić information content (AvgIpc) is 3.00. The summed E-state index contributed by atoms with van der Waals surface area (Å²) in [7, 11) is 0. The van der Waals surface area contributed by atoms with Crippen molar-refractivity contribution >= 4 is 35.7 Å². The first-order chi connectivity index (χ1) is 21.3. The topological polar surface area (TPSA) is 53.7 Å². The molecule has 1 aliphatic rings. The zero-order valence-corrected chi connectivity index (χ0v) is 28.7. The van der Waals surface area contributed by atoms with Crippen molar-refractivity contribution in [3.8, 4) is 11.5 Å². The molecule has 0 atom stereocenters. The van der Waals surface area contributed by atoms with Crippen molar-refractivity contribution in [3.63, 3.8) is 0 Å². The maximum atomic E-state index is 7.25. The summed E-state index contributed by atoms with van der Waals surface area (Å²) < 4.78 is 20.4. The summed E-state index contributed by atoms with van der Waals surface area (Å²) in [6.45, 7) is 21.2. The van der Waals surface area contributed by atoms with E-state index < -0.39 is 0 Å². The Hall–Kier alpha value is -3.31. The molecule has 0 saturated carbocycles. The monoisotopic (exact) mass is 601 g/mol. The lowest BCUT2D eigenvalue weighted by Crippen LogP contribution is -2.50. The molecular weight excluding hydrogens is 552 g/mol. The van der Waals surface area contributed by atoms with Crippen molar-refractivity contribution < 1.29 is 14.0 Å². The van der Waals surface area contributed by atoms with Crippen molar-refractivity contribution in [3.05, 3.63) is 107 Å². The largest absolute Gasteiger partial charge is 0.458 e. The van der Waals surface area contributed by atoms with E-state index in [2.05, 4.69) is 135 Å². The molecular formula is C39H49B2NO3. The van der Waals surface area contributed by atoms with Gasteiger partial charge in [0.2, 0.25) is 0 Å². The fourth-order valence-corrected chi connectivity index (χ4v) is 6.30. The van der Waals surface area contributed by atoms with Crippen LogP contribution in [0.5, 0.6) is 11.5 Å². The highest BCUT2D eigenvalue weighted by Gasteiger charge is 2.43. The van der Waals surface area contributed by atoms with Crippen LogP contribution in [-0.2, 0) is 25.6 Å². The van der Waals surface area contributed by atoms with Gasteiger partial charge in [-0.3, -0.25) is 0 Å². The lowest BCUT2D eigenvalue weighted by atomic mass is 9.52. The van der Waals surface area contributed by atoms with Crippen LogP contribution in [0.25, 0.3) is 0 Å². The van der Waals surface area contributed by atoms with Crippen LogP contribution in [0.4, 0.5) is 0 Å². The first-order valence-electron chi connectivity index (χ1n) is 16.4. The first-order valence-corrected chi connectivity index (χ1v) is 16.4. The molecule has 0 amide bonds. The zero-order chi connectivity index (χ0) is 32.6. The van der Waals surface area contributed by atoms with E-state index in [9.17, 15) is 0 Å². The first kappa shape index (κ1) is 33.1. The van der Waals surface area contributed by atoms with Crippen molar-refractivity contribution in [2.24, 2.45) is 5.73 Å². The van der Waals surface area contributed by atoms with Crippen LogP contribution in [0.3, 0.4) is 0 Å². The van der Waals surface area contributed by atoms with Gasteiger partial charge in [-0.25, -0.2) is 0 Å². The van der Waals surface area contributed by atoms with Gasteiger partial charge in [-0.2, -0.15) is 0 Å². The lowest BCUT2D eigenvalue weighted by Gasteiger charge is -2.40. The normalized spacial score (nSPS) is 13.9. The Labute approximate surface area is 271 Å². The second-order valence-corrected chi connectivity index (χ2v) is 14.8. The van der Waals surface area contributed by atoms with Crippen LogP contribution in [0.15, 0.2) is 84.9 Å². The van der Waals surface area contributed by atoms with E-state index in [1.54, 1.807) is 0 Å². The van der Waals surface area contributed by atoms with Gasteiger partial charge in [0.15, 0.2) is 0 Å². The fourth-order valence-electron chi connectivity index (χ4n) is 6.30. The zero-order valence-electron chi connectivity index (χ0n) is 28.7. The van der Waals surface area contributed by atoms with E-state index in [-0.39, 0.29) is 30.1 Å². The van der Waals surface area contributed by atoms with Gasteiger partial charge in [0.05, 0.1) is 0 Å². The number of ether oxygens (including phenoxy) is 1. The maximum Gasteiger partial charge on any atom is 0.365 e. The predicted octanol–water partition coefficient (Wildman–Crippen LogP) is 5.94. The highest BCUT2D eigenvalue weighted by molar-refractivity contribution is 6.81. The van der Waals surface area contributed by atoms with Crippen LogP contribution >= 0.6 is 0 Å². The molecule has 0 unspecified atom stereocenters. The second kappa shape index (κ2) is 12.8. The quantitative estimate of drug-likeness (QED) is 0.242. The third-order valence-corrected chi connectivity index (χ3v) is 9.02. The SMILES string of the molecule is CCOB(c1ccccc1)c1cc(C(C)(C)C)cc2c1Oc1c(B(OCCN)c3ccccc3)cc(C(C)(C)C)cc1C2(C)C. The molecule has 0 radical (unpaired) electrons. The minimum absolute atomic E-state index is 0.0690. The van der Waals surface area contributed by atoms with Gasteiger partial charge in [0.25, 0.3) is 0 Å². The molecule has 234 valence electrons. The van der Waals surface area contributed by atoms with Crippen LogP contribution in [0, 0.1) is 0 Å². The van der Waals surface area contributed by atoms with Gasteiger partial charge in [-0.05, 0) is 50.7 Å². The predicted molar refractivity (Wildman–Crippen MR) is 192 cm³/mol. The smallest absolute Gasteiger partial charge is 0.365 e. The molecule has 6 heteroatoms. The Bertz CT molecular complexity index is 1620. The van der Waals surface area contributed by atoms with Crippen molar-refractivity contribution in [1.82, 2.24) is 0 Å². The number of hydrogen-bond acceptors (Lipinski definition) is 4. The van der Waals surface area contributed by atoms with Gasteiger partial charge in [-0.15, -0.1) is 0 Å². The summed E-state index contributed by atoms with van der Waals surface area (Å²) in [5.74, 6) is 1.73. The summed E-state index contributed by atoms with van der Waals surface area (Å²) >= 11 is 0. The third-order valence-electron chi connectivity index (χ3n) is 9.02. The summed E-state index contributed by atoms with van der Waals surface area (Å²) in [5, 5.41) is 0. The Kier molecular flexibility index (Phi) is 9.43. The van der Waals surface area contributed by atoms with Gasteiger partial charge >= 0.3 is 13.8 Å². The van der Waals surface area contributed by atoms with E-state index >= 15 is 0 Å². The van der Waals surface area contributed by atoms with E-state index in [0.717, 1.165) is 33.4 Å².